The molecule has 0 amide bonds. The number of benzene rings is 2. The van der Waals surface area contributed by atoms with Crippen molar-refractivity contribution in [3.63, 3.8) is 0 Å². The molecule has 0 bridgehead atoms. The Morgan fingerprint density at radius 1 is 0.700 bits per heavy atom. The molecule has 8 nitrogen and oxygen atoms in total. The monoisotopic (exact) mass is 416 g/mol. The zero-order valence-corrected chi connectivity index (χ0v) is 16.9. The highest BCUT2D eigenvalue weighted by Gasteiger charge is 2.21. The Balaban J connectivity index is 1.84. The zero-order valence-electron chi connectivity index (χ0n) is 16.9. The van der Waals surface area contributed by atoms with E-state index < -0.39 is 11.9 Å². The molecule has 0 aromatic heterocycles. The van der Waals surface area contributed by atoms with E-state index in [4.69, 9.17) is 29.0 Å². The minimum atomic E-state index is -0.749. The first-order chi connectivity index (χ1) is 14.6. The lowest BCUT2D eigenvalue weighted by Crippen LogP contribution is -2.16. The first-order valence-electron chi connectivity index (χ1n) is 9.45. The molecule has 2 aromatic carbocycles. The van der Waals surface area contributed by atoms with Crippen LogP contribution in [0.5, 0.6) is 11.5 Å². The molecule has 0 aliphatic heterocycles. The summed E-state index contributed by atoms with van der Waals surface area (Å²) >= 11 is 0. The highest BCUT2D eigenvalue weighted by atomic mass is 17.3. The summed E-state index contributed by atoms with van der Waals surface area (Å²) < 4.78 is 10.6. The molecule has 8 heteroatoms. The molecule has 30 heavy (non-hydrogen) atoms. The number of hydrogen-bond donors (Lipinski definition) is 0. The third kappa shape index (κ3) is 7.38. The normalized spacial score (nSPS) is 10.5. The molecule has 0 heterocycles. The van der Waals surface area contributed by atoms with E-state index in [-0.39, 0.29) is 23.8 Å². The van der Waals surface area contributed by atoms with Crippen molar-refractivity contribution < 1.29 is 38.6 Å². The average Bonchev–Trinajstić information content (AvgIpc) is 2.76. The van der Waals surface area contributed by atoms with Gasteiger partial charge in [-0.25, -0.2) is 9.59 Å². The third-order valence-electron chi connectivity index (χ3n) is 3.60. The topological polar surface area (TPSA) is 89.5 Å². The van der Waals surface area contributed by atoms with Gasteiger partial charge in [-0.2, -0.15) is 0 Å². The molecule has 2 aromatic rings. The molecule has 0 N–H and O–H groups in total. The van der Waals surface area contributed by atoms with Crippen molar-refractivity contribution in [3.8, 4) is 11.5 Å². The summed E-state index contributed by atoms with van der Waals surface area (Å²) in [6.45, 7) is 8.41. The van der Waals surface area contributed by atoms with Crippen molar-refractivity contribution in [2.75, 3.05) is 13.2 Å². The van der Waals surface area contributed by atoms with Gasteiger partial charge in [-0.15, -0.1) is 9.78 Å². The number of carbonyl (C=O) groups is 2. The summed E-state index contributed by atoms with van der Waals surface area (Å²) in [5.41, 5.74) is 0.498. The fourth-order valence-electron chi connectivity index (χ4n) is 2.21. The second-order valence-corrected chi connectivity index (χ2v) is 5.80. The van der Waals surface area contributed by atoms with Gasteiger partial charge >= 0.3 is 18.2 Å². The maximum atomic E-state index is 12.1. The van der Waals surface area contributed by atoms with E-state index in [0.717, 1.165) is 0 Å². The number of carbonyl (C=O) groups excluding carboxylic acids is 2. The Kier molecular flexibility index (Phi) is 9.63. The number of rotatable bonds is 12. The van der Waals surface area contributed by atoms with Gasteiger partial charge in [0.05, 0.1) is 24.3 Å². The van der Waals surface area contributed by atoms with Crippen LogP contribution in [0, 0.1) is 13.2 Å². The fourth-order valence-corrected chi connectivity index (χ4v) is 2.21. The summed E-state index contributed by atoms with van der Waals surface area (Å²) in [6, 6.07) is 12.7. The Morgan fingerprint density at radius 3 is 1.43 bits per heavy atom. The molecule has 0 fully saturated rings. The zero-order chi connectivity index (χ0) is 21.8. The van der Waals surface area contributed by atoms with Crippen molar-refractivity contribution in [1.82, 2.24) is 0 Å². The van der Waals surface area contributed by atoms with E-state index in [1.54, 1.807) is 24.3 Å². The molecule has 0 aliphatic rings. The molecular formula is C22H24O8. The van der Waals surface area contributed by atoms with Gasteiger partial charge < -0.3 is 9.47 Å². The second-order valence-electron chi connectivity index (χ2n) is 5.80. The van der Waals surface area contributed by atoms with Crippen LogP contribution in [0.15, 0.2) is 48.5 Å². The Labute approximate surface area is 175 Å². The molecule has 160 valence electrons. The van der Waals surface area contributed by atoms with Crippen LogP contribution < -0.4 is 9.47 Å². The van der Waals surface area contributed by atoms with E-state index in [1.165, 1.54) is 24.3 Å². The quantitative estimate of drug-likeness (QED) is 0.370. The van der Waals surface area contributed by atoms with Crippen molar-refractivity contribution in [2.24, 2.45) is 0 Å². The van der Waals surface area contributed by atoms with E-state index in [9.17, 15) is 9.59 Å². The van der Waals surface area contributed by atoms with Crippen LogP contribution in [0.4, 0.5) is 0 Å². The van der Waals surface area contributed by atoms with Gasteiger partial charge in [0.2, 0.25) is 0 Å². The summed E-state index contributed by atoms with van der Waals surface area (Å²) in [5.74, 6) is -0.241. The third-order valence-corrected chi connectivity index (χ3v) is 3.60. The molecule has 2 radical (unpaired) electrons. The van der Waals surface area contributed by atoms with Gasteiger partial charge in [0.25, 0.3) is 0 Å². The standard InChI is InChI=1S/C22H24O8/c1-4-7-20(27-29-21(23)16-8-12-18(13-9-16)25-5-2)28-30-22(24)17-10-14-19(15-11-17)26-6-3/h8-15H,1,4-7H2,2-3H3. The first-order valence-corrected chi connectivity index (χ1v) is 9.45. The summed E-state index contributed by atoms with van der Waals surface area (Å²) in [4.78, 5) is 43.4. The van der Waals surface area contributed by atoms with E-state index in [2.05, 4.69) is 6.92 Å². The smallest absolute Gasteiger partial charge is 0.373 e. The van der Waals surface area contributed by atoms with Crippen LogP contribution in [0.25, 0.3) is 0 Å². The van der Waals surface area contributed by atoms with Crippen molar-refractivity contribution >= 4 is 11.9 Å². The SMILES string of the molecule is [CH2]CC[C](OOC(=O)c1ccc(OCC)cc1)OOC(=O)c1ccc(OCC)cc1. The van der Waals surface area contributed by atoms with Gasteiger partial charge in [-0.3, -0.25) is 9.78 Å². The minimum Gasteiger partial charge on any atom is -0.494 e. The van der Waals surface area contributed by atoms with Crippen molar-refractivity contribution in [2.45, 2.75) is 26.7 Å². The van der Waals surface area contributed by atoms with E-state index in [1.807, 2.05) is 13.8 Å². The lowest BCUT2D eigenvalue weighted by molar-refractivity contribution is -0.363. The predicted octanol–water partition coefficient (Wildman–Crippen LogP) is 4.46. The van der Waals surface area contributed by atoms with Crippen molar-refractivity contribution in [3.05, 3.63) is 72.9 Å². The fraction of sp³-hybridized carbons (Fsp3) is 0.273. The van der Waals surface area contributed by atoms with Crippen molar-refractivity contribution in [1.29, 1.82) is 0 Å². The van der Waals surface area contributed by atoms with E-state index in [0.29, 0.717) is 31.1 Å². The maximum Gasteiger partial charge on any atom is 0.373 e. The van der Waals surface area contributed by atoms with Crippen LogP contribution in [0.1, 0.15) is 47.4 Å². The molecule has 0 spiro atoms. The minimum absolute atomic E-state index is 0.146. The van der Waals surface area contributed by atoms with Gasteiger partial charge in [0.1, 0.15) is 11.5 Å². The largest absolute Gasteiger partial charge is 0.494 e. The summed E-state index contributed by atoms with van der Waals surface area (Å²) in [5, 5.41) is 0. The number of hydrogen-bond acceptors (Lipinski definition) is 8. The second kappa shape index (κ2) is 12.5. The van der Waals surface area contributed by atoms with Crippen LogP contribution >= 0.6 is 0 Å². The Hall–Kier alpha value is -3.10. The van der Waals surface area contributed by atoms with Gasteiger partial charge in [-0.1, -0.05) is 6.92 Å². The van der Waals surface area contributed by atoms with Gasteiger partial charge in [0, 0.05) is 6.42 Å². The van der Waals surface area contributed by atoms with Crippen LogP contribution in [-0.2, 0) is 19.6 Å². The van der Waals surface area contributed by atoms with E-state index >= 15 is 0 Å². The highest BCUT2D eigenvalue weighted by molar-refractivity contribution is 5.89. The molecule has 0 unspecified atom stereocenters. The molecule has 2 rings (SSSR count). The molecular weight excluding hydrogens is 392 g/mol. The molecule has 0 atom stereocenters. The maximum absolute atomic E-state index is 12.1. The van der Waals surface area contributed by atoms with Crippen LogP contribution in [0.2, 0.25) is 0 Å². The summed E-state index contributed by atoms with van der Waals surface area (Å²) in [7, 11) is 0. The molecule has 0 aliphatic carbocycles. The first kappa shape index (κ1) is 23.2. The lowest BCUT2D eigenvalue weighted by atomic mass is 10.2. The highest BCUT2D eigenvalue weighted by Crippen LogP contribution is 2.18. The predicted molar refractivity (Wildman–Crippen MR) is 106 cm³/mol. The average molecular weight is 416 g/mol. The van der Waals surface area contributed by atoms with Gasteiger partial charge in [-0.05, 0) is 68.8 Å². The number of ether oxygens (including phenoxy) is 2. The van der Waals surface area contributed by atoms with Crippen LogP contribution in [-0.4, -0.2) is 25.2 Å². The van der Waals surface area contributed by atoms with Crippen LogP contribution in [0.3, 0.4) is 0 Å². The van der Waals surface area contributed by atoms with Gasteiger partial charge in [0.15, 0.2) is 0 Å². The summed E-state index contributed by atoms with van der Waals surface area (Å²) in [6.07, 6.45) is 0.285. The molecule has 0 saturated carbocycles. The lowest BCUT2D eigenvalue weighted by Gasteiger charge is -2.13. The molecule has 0 saturated heterocycles. The Morgan fingerprint density at radius 2 is 1.10 bits per heavy atom. The Bertz CT molecular complexity index is 720.